The summed E-state index contributed by atoms with van der Waals surface area (Å²) in [5.74, 6) is -0.682. The second kappa shape index (κ2) is 10.9. The smallest absolute Gasteiger partial charge is 0.247 e. The van der Waals surface area contributed by atoms with Gasteiger partial charge in [-0.3, -0.25) is 9.59 Å². The molecule has 0 saturated heterocycles. The number of halogens is 1. The van der Waals surface area contributed by atoms with Crippen LogP contribution in [0.3, 0.4) is 0 Å². The zero-order valence-corrected chi connectivity index (χ0v) is 19.5. The summed E-state index contributed by atoms with van der Waals surface area (Å²) >= 11 is 3.10. The van der Waals surface area contributed by atoms with Crippen LogP contribution < -0.4 is 5.32 Å². The Labute approximate surface area is 196 Å². The first-order valence-electron chi connectivity index (χ1n) is 11.0. The maximum absolute atomic E-state index is 13.7. The average molecular weight is 471 g/mol. The number of amides is 2. The molecule has 1 aliphatic carbocycles. The lowest BCUT2D eigenvalue weighted by Gasteiger charge is -2.33. The molecule has 1 atom stereocenters. The molecule has 1 saturated carbocycles. The fraction of sp³-hybridized carbons (Fsp3) is 0.360. The monoisotopic (exact) mass is 470 g/mol. The Morgan fingerprint density at radius 3 is 2.50 bits per heavy atom. The van der Waals surface area contributed by atoms with Crippen molar-refractivity contribution in [2.75, 3.05) is 0 Å². The molecule has 4 nitrogen and oxygen atoms in total. The number of hydrogen-bond acceptors (Lipinski definition) is 4. The van der Waals surface area contributed by atoms with Gasteiger partial charge in [-0.05, 0) is 64.4 Å². The number of rotatable bonds is 8. The topological polar surface area (TPSA) is 49.4 Å². The van der Waals surface area contributed by atoms with E-state index in [1.165, 1.54) is 18.6 Å². The maximum atomic E-state index is 13.7. The molecule has 1 aromatic carbocycles. The molecule has 32 heavy (non-hydrogen) atoms. The van der Waals surface area contributed by atoms with Crippen LogP contribution in [0.2, 0.25) is 0 Å². The standard InChI is InChI=1S/C25H27FN2O2S2/c26-20-10-8-19(9-11-20)24(25(30)27-21-5-2-1-3-6-21)28(16-22-7-4-13-32-22)23(29)15-18-12-14-31-17-18/h4,7-14,17,21,24H,1-3,5-6,15-16H2,(H,27,30)/t24-/m1/s1. The van der Waals surface area contributed by atoms with E-state index >= 15 is 0 Å². The van der Waals surface area contributed by atoms with Gasteiger partial charge in [-0.15, -0.1) is 11.3 Å². The Kier molecular flexibility index (Phi) is 7.71. The molecular formula is C25H27FN2O2S2. The predicted octanol–water partition coefficient (Wildman–Crippen LogP) is 5.71. The van der Waals surface area contributed by atoms with Gasteiger partial charge in [-0.25, -0.2) is 4.39 Å². The quantitative estimate of drug-likeness (QED) is 0.458. The van der Waals surface area contributed by atoms with Gasteiger partial charge in [-0.1, -0.05) is 37.5 Å². The Morgan fingerprint density at radius 2 is 1.84 bits per heavy atom. The number of thiophene rings is 2. The molecule has 2 heterocycles. The third-order valence-electron chi connectivity index (χ3n) is 5.86. The zero-order valence-electron chi connectivity index (χ0n) is 17.8. The van der Waals surface area contributed by atoms with Crippen molar-refractivity contribution < 1.29 is 14.0 Å². The molecule has 1 fully saturated rings. The minimum Gasteiger partial charge on any atom is -0.351 e. The molecule has 2 amide bonds. The number of carbonyl (C=O) groups excluding carboxylic acids is 2. The van der Waals surface area contributed by atoms with Crippen LogP contribution >= 0.6 is 22.7 Å². The number of hydrogen-bond donors (Lipinski definition) is 1. The molecular weight excluding hydrogens is 443 g/mol. The van der Waals surface area contributed by atoms with Gasteiger partial charge in [0.15, 0.2) is 0 Å². The van der Waals surface area contributed by atoms with E-state index in [2.05, 4.69) is 5.32 Å². The van der Waals surface area contributed by atoms with E-state index in [0.29, 0.717) is 12.1 Å². The minimum absolute atomic E-state index is 0.120. The van der Waals surface area contributed by atoms with Crippen LogP contribution in [0.4, 0.5) is 4.39 Å². The lowest BCUT2D eigenvalue weighted by Crippen LogP contribution is -2.47. The normalized spacial score (nSPS) is 15.3. The summed E-state index contributed by atoms with van der Waals surface area (Å²) in [6.45, 7) is 0.334. The average Bonchev–Trinajstić information content (AvgIpc) is 3.49. The van der Waals surface area contributed by atoms with E-state index in [1.807, 2.05) is 34.3 Å². The second-order valence-electron chi connectivity index (χ2n) is 8.21. The third-order valence-corrected chi connectivity index (χ3v) is 7.45. The molecule has 1 aliphatic rings. The summed E-state index contributed by atoms with van der Waals surface area (Å²) in [6, 6.07) is 11.1. The van der Waals surface area contributed by atoms with Crippen molar-refractivity contribution in [1.29, 1.82) is 0 Å². The van der Waals surface area contributed by atoms with E-state index in [4.69, 9.17) is 0 Å². The number of nitrogens with one attached hydrogen (secondary N) is 1. The van der Waals surface area contributed by atoms with Gasteiger partial charge in [0.05, 0.1) is 13.0 Å². The largest absolute Gasteiger partial charge is 0.351 e. The SMILES string of the molecule is O=C(NC1CCCCC1)[C@@H](c1ccc(F)cc1)N(Cc1cccs1)C(=O)Cc1ccsc1. The van der Waals surface area contributed by atoms with Crippen LogP contribution in [0.25, 0.3) is 0 Å². The van der Waals surface area contributed by atoms with Gasteiger partial charge in [0, 0.05) is 10.9 Å². The molecule has 4 rings (SSSR count). The molecule has 1 N–H and O–H groups in total. The highest BCUT2D eigenvalue weighted by atomic mass is 32.1. The van der Waals surface area contributed by atoms with Crippen molar-refractivity contribution in [3.63, 3.8) is 0 Å². The molecule has 3 aromatic rings. The number of benzene rings is 1. The summed E-state index contributed by atoms with van der Waals surface area (Å²) in [5, 5.41) is 9.05. The Morgan fingerprint density at radius 1 is 1.06 bits per heavy atom. The van der Waals surface area contributed by atoms with Gasteiger partial charge < -0.3 is 10.2 Å². The van der Waals surface area contributed by atoms with Crippen molar-refractivity contribution >= 4 is 34.5 Å². The Balaban J connectivity index is 1.66. The predicted molar refractivity (Wildman–Crippen MR) is 127 cm³/mol. The van der Waals surface area contributed by atoms with E-state index in [-0.39, 0.29) is 30.1 Å². The Bertz CT molecular complexity index is 997. The first-order chi connectivity index (χ1) is 15.6. The molecule has 0 spiro atoms. The number of carbonyl (C=O) groups is 2. The fourth-order valence-electron chi connectivity index (χ4n) is 4.21. The lowest BCUT2D eigenvalue weighted by atomic mass is 9.94. The fourth-order valence-corrected chi connectivity index (χ4v) is 5.58. The highest BCUT2D eigenvalue weighted by Gasteiger charge is 2.33. The van der Waals surface area contributed by atoms with Crippen LogP contribution in [0.1, 0.15) is 54.1 Å². The molecule has 0 unspecified atom stereocenters. The van der Waals surface area contributed by atoms with Crippen LogP contribution in [0, 0.1) is 5.82 Å². The summed E-state index contributed by atoms with van der Waals surface area (Å²) in [4.78, 5) is 29.7. The highest BCUT2D eigenvalue weighted by Crippen LogP contribution is 2.28. The van der Waals surface area contributed by atoms with Crippen LogP contribution in [-0.4, -0.2) is 22.8 Å². The second-order valence-corrected chi connectivity index (χ2v) is 10.0. The van der Waals surface area contributed by atoms with Crippen molar-refractivity contribution in [2.45, 2.75) is 57.2 Å². The third kappa shape index (κ3) is 5.84. The summed E-state index contributed by atoms with van der Waals surface area (Å²) in [6.07, 6.45) is 5.52. The van der Waals surface area contributed by atoms with Gasteiger partial charge in [0.2, 0.25) is 11.8 Å². The van der Waals surface area contributed by atoms with E-state index in [1.54, 1.807) is 39.7 Å². The van der Waals surface area contributed by atoms with Crippen LogP contribution in [0.5, 0.6) is 0 Å². The van der Waals surface area contributed by atoms with E-state index in [9.17, 15) is 14.0 Å². The number of nitrogens with zero attached hydrogens (tertiary/aromatic N) is 1. The van der Waals surface area contributed by atoms with Crippen molar-refractivity contribution in [3.05, 3.63) is 80.4 Å². The van der Waals surface area contributed by atoms with Crippen molar-refractivity contribution in [3.8, 4) is 0 Å². The first-order valence-corrected chi connectivity index (χ1v) is 12.8. The molecule has 168 valence electrons. The van der Waals surface area contributed by atoms with Crippen LogP contribution in [0.15, 0.2) is 58.6 Å². The molecule has 0 bridgehead atoms. The first kappa shape index (κ1) is 22.7. The molecule has 2 aromatic heterocycles. The van der Waals surface area contributed by atoms with E-state index < -0.39 is 6.04 Å². The summed E-state index contributed by atoms with van der Waals surface area (Å²) in [7, 11) is 0. The van der Waals surface area contributed by atoms with Crippen molar-refractivity contribution in [1.82, 2.24) is 10.2 Å². The van der Waals surface area contributed by atoms with Crippen molar-refractivity contribution in [2.24, 2.45) is 0 Å². The highest BCUT2D eigenvalue weighted by molar-refractivity contribution is 7.09. The van der Waals surface area contributed by atoms with Gasteiger partial charge in [0.1, 0.15) is 11.9 Å². The lowest BCUT2D eigenvalue weighted by molar-refractivity contribution is -0.141. The molecule has 0 aliphatic heterocycles. The van der Waals surface area contributed by atoms with Gasteiger partial charge in [-0.2, -0.15) is 11.3 Å². The van der Waals surface area contributed by atoms with Crippen LogP contribution in [-0.2, 0) is 22.6 Å². The van der Waals surface area contributed by atoms with E-state index in [0.717, 1.165) is 36.1 Å². The summed E-state index contributed by atoms with van der Waals surface area (Å²) < 4.78 is 13.7. The summed E-state index contributed by atoms with van der Waals surface area (Å²) in [5.41, 5.74) is 1.55. The zero-order chi connectivity index (χ0) is 22.3. The van der Waals surface area contributed by atoms with Gasteiger partial charge >= 0.3 is 0 Å². The molecule has 7 heteroatoms. The minimum atomic E-state index is -0.814. The van der Waals surface area contributed by atoms with Gasteiger partial charge in [0.25, 0.3) is 0 Å². The molecule has 0 radical (unpaired) electrons. The Hall–Kier alpha value is -2.51. The maximum Gasteiger partial charge on any atom is 0.247 e.